The van der Waals surface area contributed by atoms with E-state index in [1.807, 2.05) is 24.3 Å². The van der Waals surface area contributed by atoms with Crippen LogP contribution in [0.3, 0.4) is 0 Å². The molecule has 1 amide bonds. The Morgan fingerprint density at radius 3 is 2.17 bits per heavy atom. The van der Waals surface area contributed by atoms with Crippen LogP contribution < -0.4 is 19.5 Å². The highest BCUT2D eigenvalue weighted by Gasteiger charge is 2.22. The number of aryl methyl sites for hydroxylation is 1. The molecular formula is C18H20BrNO4. The van der Waals surface area contributed by atoms with Crippen LogP contribution in [0.15, 0.2) is 34.8 Å². The van der Waals surface area contributed by atoms with E-state index in [0.29, 0.717) is 27.3 Å². The maximum Gasteiger partial charge on any atom is 0.257 e. The molecule has 0 radical (unpaired) electrons. The van der Waals surface area contributed by atoms with Crippen molar-refractivity contribution in [2.45, 2.75) is 13.3 Å². The number of halogens is 1. The standard InChI is InChI=1S/C18H20BrNO4/c1-5-11-6-8-12(9-7-11)20-18(21)13-10-14(22-2)16(23-3)17(24-4)15(13)19/h6-10H,5H2,1-4H3,(H,20,21). The van der Waals surface area contributed by atoms with Gasteiger partial charge in [0.15, 0.2) is 11.5 Å². The van der Waals surface area contributed by atoms with E-state index in [0.717, 1.165) is 12.1 Å². The molecule has 0 fully saturated rings. The third kappa shape index (κ3) is 3.64. The van der Waals surface area contributed by atoms with Crippen LogP contribution in [-0.4, -0.2) is 27.2 Å². The maximum atomic E-state index is 12.6. The van der Waals surface area contributed by atoms with Gasteiger partial charge >= 0.3 is 0 Å². The average Bonchev–Trinajstić information content (AvgIpc) is 2.61. The molecule has 0 spiro atoms. The molecule has 0 atom stereocenters. The lowest BCUT2D eigenvalue weighted by molar-refractivity contribution is 0.102. The van der Waals surface area contributed by atoms with Gasteiger partial charge in [-0.15, -0.1) is 0 Å². The molecule has 0 bridgehead atoms. The van der Waals surface area contributed by atoms with Crippen LogP contribution in [-0.2, 0) is 6.42 Å². The number of carbonyl (C=O) groups excluding carboxylic acids is 1. The van der Waals surface area contributed by atoms with Crippen molar-refractivity contribution >= 4 is 27.5 Å². The largest absolute Gasteiger partial charge is 0.493 e. The van der Waals surface area contributed by atoms with E-state index in [4.69, 9.17) is 14.2 Å². The van der Waals surface area contributed by atoms with Crippen LogP contribution in [0.2, 0.25) is 0 Å². The van der Waals surface area contributed by atoms with Crippen molar-refractivity contribution in [2.24, 2.45) is 0 Å². The first-order valence-corrected chi connectivity index (χ1v) is 8.23. The zero-order valence-corrected chi connectivity index (χ0v) is 15.7. The van der Waals surface area contributed by atoms with Gasteiger partial charge in [-0.2, -0.15) is 0 Å². The molecule has 0 aliphatic rings. The number of nitrogens with one attached hydrogen (secondary N) is 1. The van der Waals surface area contributed by atoms with Gasteiger partial charge in [0.25, 0.3) is 5.91 Å². The van der Waals surface area contributed by atoms with Gasteiger partial charge < -0.3 is 19.5 Å². The second kappa shape index (κ2) is 8.06. The number of rotatable bonds is 6. The minimum Gasteiger partial charge on any atom is -0.493 e. The van der Waals surface area contributed by atoms with Crippen LogP contribution in [0.1, 0.15) is 22.8 Å². The van der Waals surface area contributed by atoms with E-state index in [9.17, 15) is 4.79 Å². The van der Waals surface area contributed by atoms with Crippen molar-refractivity contribution in [1.29, 1.82) is 0 Å². The highest BCUT2D eigenvalue weighted by Crippen LogP contribution is 2.44. The Morgan fingerprint density at radius 2 is 1.67 bits per heavy atom. The summed E-state index contributed by atoms with van der Waals surface area (Å²) in [7, 11) is 4.53. The van der Waals surface area contributed by atoms with Gasteiger partial charge in [-0.3, -0.25) is 4.79 Å². The monoisotopic (exact) mass is 393 g/mol. The number of hydrogen-bond donors (Lipinski definition) is 1. The molecular weight excluding hydrogens is 374 g/mol. The molecule has 0 aliphatic heterocycles. The summed E-state index contributed by atoms with van der Waals surface area (Å²) in [5, 5.41) is 2.87. The molecule has 2 rings (SSSR count). The first kappa shape index (κ1) is 18.1. The summed E-state index contributed by atoms with van der Waals surface area (Å²) in [6.07, 6.45) is 0.951. The number of methoxy groups -OCH3 is 3. The molecule has 0 unspecified atom stereocenters. The van der Waals surface area contributed by atoms with Crippen LogP contribution in [0, 0.1) is 0 Å². The van der Waals surface area contributed by atoms with Crippen LogP contribution in [0.4, 0.5) is 5.69 Å². The summed E-state index contributed by atoms with van der Waals surface area (Å²) in [5.41, 5.74) is 2.32. The highest BCUT2D eigenvalue weighted by molar-refractivity contribution is 9.10. The van der Waals surface area contributed by atoms with Crippen LogP contribution in [0.5, 0.6) is 17.2 Å². The van der Waals surface area contributed by atoms with Gasteiger partial charge in [-0.1, -0.05) is 19.1 Å². The summed E-state index contributed by atoms with van der Waals surface area (Å²) in [5.74, 6) is 0.980. The van der Waals surface area contributed by atoms with Crippen molar-refractivity contribution in [1.82, 2.24) is 0 Å². The van der Waals surface area contributed by atoms with E-state index in [1.165, 1.54) is 26.9 Å². The summed E-state index contributed by atoms with van der Waals surface area (Å²) in [6.45, 7) is 2.08. The molecule has 5 nitrogen and oxygen atoms in total. The number of ether oxygens (including phenoxy) is 3. The fourth-order valence-corrected chi connectivity index (χ4v) is 2.94. The second-order valence-corrected chi connectivity index (χ2v) is 5.80. The number of amides is 1. The van der Waals surface area contributed by atoms with E-state index in [-0.39, 0.29) is 5.91 Å². The number of hydrogen-bond acceptors (Lipinski definition) is 4. The van der Waals surface area contributed by atoms with Crippen molar-refractivity contribution in [3.8, 4) is 17.2 Å². The van der Waals surface area contributed by atoms with Gasteiger partial charge in [0.05, 0.1) is 31.4 Å². The van der Waals surface area contributed by atoms with E-state index in [1.54, 1.807) is 6.07 Å². The molecule has 128 valence electrons. The van der Waals surface area contributed by atoms with Crippen molar-refractivity contribution in [3.63, 3.8) is 0 Å². The lowest BCUT2D eigenvalue weighted by atomic mass is 10.1. The smallest absolute Gasteiger partial charge is 0.257 e. The number of anilines is 1. The summed E-state index contributed by atoms with van der Waals surface area (Å²) in [4.78, 5) is 12.6. The molecule has 1 N–H and O–H groups in total. The minimum atomic E-state index is -0.273. The molecule has 6 heteroatoms. The van der Waals surface area contributed by atoms with Crippen molar-refractivity contribution in [2.75, 3.05) is 26.6 Å². The fourth-order valence-electron chi connectivity index (χ4n) is 2.31. The maximum absolute atomic E-state index is 12.6. The quantitative estimate of drug-likeness (QED) is 0.794. The normalized spacial score (nSPS) is 10.2. The van der Waals surface area contributed by atoms with Gasteiger partial charge in [0, 0.05) is 5.69 Å². The first-order valence-electron chi connectivity index (χ1n) is 7.44. The molecule has 0 aliphatic carbocycles. The number of benzene rings is 2. The molecule has 2 aromatic carbocycles. The van der Waals surface area contributed by atoms with Gasteiger partial charge in [-0.25, -0.2) is 0 Å². The third-order valence-corrected chi connectivity index (χ3v) is 4.42. The predicted molar refractivity (Wildman–Crippen MR) is 97.6 cm³/mol. The Morgan fingerprint density at radius 1 is 1.04 bits per heavy atom. The summed E-state index contributed by atoms with van der Waals surface area (Å²) < 4.78 is 16.5. The minimum absolute atomic E-state index is 0.273. The fraction of sp³-hybridized carbons (Fsp3) is 0.278. The molecule has 0 saturated carbocycles. The Bertz CT molecular complexity index is 729. The SMILES string of the molecule is CCc1ccc(NC(=O)c2cc(OC)c(OC)c(OC)c2Br)cc1. The van der Waals surface area contributed by atoms with Crippen molar-refractivity contribution < 1.29 is 19.0 Å². The van der Waals surface area contributed by atoms with E-state index < -0.39 is 0 Å². The first-order chi connectivity index (χ1) is 11.5. The molecule has 0 heterocycles. The van der Waals surface area contributed by atoms with Crippen LogP contribution in [0.25, 0.3) is 0 Å². The second-order valence-electron chi connectivity index (χ2n) is 5.01. The molecule has 0 saturated heterocycles. The lowest BCUT2D eigenvalue weighted by Crippen LogP contribution is -2.13. The third-order valence-electron chi connectivity index (χ3n) is 3.63. The summed E-state index contributed by atoms with van der Waals surface area (Å²) in [6, 6.07) is 9.34. The Kier molecular flexibility index (Phi) is 6.09. The molecule has 0 aromatic heterocycles. The van der Waals surface area contributed by atoms with Gasteiger partial charge in [0.2, 0.25) is 5.75 Å². The number of carbonyl (C=O) groups is 1. The van der Waals surface area contributed by atoms with Crippen molar-refractivity contribution in [3.05, 3.63) is 45.9 Å². The highest BCUT2D eigenvalue weighted by atomic mass is 79.9. The lowest BCUT2D eigenvalue weighted by Gasteiger charge is -2.16. The zero-order chi connectivity index (χ0) is 17.7. The van der Waals surface area contributed by atoms with Gasteiger partial charge in [0.1, 0.15) is 0 Å². The molecule has 2 aromatic rings. The Hall–Kier alpha value is -2.21. The Balaban J connectivity index is 2.37. The van der Waals surface area contributed by atoms with E-state index >= 15 is 0 Å². The topological polar surface area (TPSA) is 56.8 Å². The predicted octanol–water partition coefficient (Wildman–Crippen LogP) is 4.29. The van der Waals surface area contributed by atoms with Gasteiger partial charge in [-0.05, 0) is 46.1 Å². The average molecular weight is 394 g/mol. The summed E-state index contributed by atoms with van der Waals surface area (Å²) >= 11 is 3.41. The zero-order valence-electron chi connectivity index (χ0n) is 14.1. The molecule has 24 heavy (non-hydrogen) atoms. The van der Waals surface area contributed by atoms with Crippen LogP contribution >= 0.6 is 15.9 Å². The Labute approximate surface area is 150 Å². The van der Waals surface area contributed by atoms with E-state index in [2.05, 4.69) is 28.2 Å².